The lowest BCUT2D eigenvalue weighted by Gasteiger charge is -2.18. The first-order chi connectivity index (χ1) is 12.3. The molecule has 1 aliphatic carbocycles. The van der Waals surface area contributed by atoms with Gasteiger partial charge in [0.25, 0.3) is 5.91 Å². The van der Waals surface area contributed by atoms with Gasteiger partial charge in [-0.05, 0) is 78.5 Å². The van der Waals surface area contributed by atoms with E-state index in [0.29, 0.717) is 5.56 Å². The lowest BCUT2D eigenvalue weighted by Crippen LogP contribution is -2.20. The SMILES string of the molecule is C/C(=N/NC(=O)c1ccc(C(C)(C)C)cc1)c1ccc2c(c1)CCCC2. The summed E-state index contributed by atoms with van der Waals surface area (Å²) in [6.07, 6.45) is 4.85. The Balaban J connectivity index is 1.69. The van der Waals surface area contributed by atoms with E-state index < -0.39 is 0 Å². The van der Waals surface area contributed by atoms with Crippen molar-refractivity contribution in [1.82, 2.24) is 5.43 Å². The molecule has 3 rings (SSSR count). The molecule has 0 bridgehead atoms. The quantitative estimate of drug-likeness (QED) is 0.614. The summed E-state index contributed by atoms with van der Waals surface area (Å²) in [5, 5.41) is 4.31. The van der Waals surface area contributed by atoms with Crippen LogP contribution in [0.2, 0.25) is 0 Å². The Morgan fingerprint density at radius 2 is 1.54 bits per heavy atom. The minimum Gasteiger partial charge on any atom is -0.267 e. The molecule has 0 aliphatic heterocycles. The van der Waals surface area contributed by atoms with Gasteiger partial charge in [0, 0.05) is 5.56 Å². The zero-order chi connectivity index (χ0) is 18.7. The molecule has 0 radical (unpaired) electrons. The molecular formula is C23H28N2O. The summed E-state index contributed by atoms with van der Waals surface area (Å²) in [6.45, 7) is 8.42. The molecule has 1 N–H and O–H groups in total. The molecule has 2 aromatic carbocycles. The van der Waals surface area contributed by atoms with Crippen molar-refractivity contribution in [3.63, 3.8) is 0 Å². The van der Waals surface area contributed by atoms with E-state index in [1.807, 2.05) is 31.2 Å². The Morgan fingerprint density at radius 3 is 2.19 bits per heavy atom. The molecule has 3 heteroatoms. The highest BCUT2D eigenvalue weighted by atomic mass is 16.2. The van der Waals surface area contributed by atoms with E-state index in [1.165, 1.54) is 36.0 Å². The van der Waals surface area contributed by atoms with Crippen LogP contribution in [0, 0.1) is 0 Å². The average molecular weight is 348 g/mol. The number of fused-ring (bicyclic) bond motifs is 1. The van der Waals surface area contributed by atoms with Crippen molar-refractivity contribution in [2.24, 2.45) is 5.10 Å². The smallest absolute Gasteiger partial charge is 0.267 e. The second kappa shape index (κ2) is 7.45. The lowest BCUT2D eigenvalue weighted by atomic mass is 9.87. The molecule has 0 atom stereocenters. The monoisotopic (exact) mass is 348 g/mol. The van der Waals surface area contributed by atoms with Crippen LogP contribution in [0.1, 0.15) is 73.1 Å². The Morgan fingerprint density at radius 1 is 0.923 bits per heavy atom. The molecule has 0 heterocycles. The Labute approximate surface area is 156 Å². The van der Waals surface area contributed by atoms with Gasteiger partial charge in [-0.2, -0.15) is 5.10 Å². The number of rotatable bonds is 3. The molecule has 0 aromatic heterocycles. The number of carbonyl (C=O) groups excluding carboxylic acids is 1. The third kappa shape index (κ3) is 4.21. The van der Waals surface area contributed by atoms with Gasteiger partial charge in [-0.3, -0.25) is 4.79 Å². The normalized spacial score (nSPS) is 14.7. The predicted octanol–water partition coefficient (Wildman–Crippen LogP) is 5.02. The molecule has 0 fully saturated rings. The molecule has 1 amide bonds. The number of aryl methyl sites for hydroxylation is 2. The predicted molar refractivity (Wildman–Crippen MR) is 108 cm³/mol. The molecule has 3 nitrogen and oxygen atoms in total. The second-order valence-corrected chi connectivity index (χ2v) is 8.16. The number of hydrogen-bond acceptors (Lipinski definition) is 2. The summed E-state index contributed by atoms with van der Waals surface area (Å²) < 4.78 is 0. The molecule has 2 aromatic rings. The number of nitrogens with zero attached hydrogens (tertiary/aromatic N) is 1. The molecule has 0 saturated carbocycles. The minimum atomic E-state index is -0.178. The van der Waals surface area contributed by atoms with E-state index in [0.717, 1.165) is 17.7 Å². The van der Waals surface area contributed by atoms with Gasteiger partial charge in [-0.1, -0.05) is 45.0 Å². The van der Waals surface area contributed by atoms with E-state index in [2.05, 4.69) is 49.5 Å². The Kier molecular flexibility index (Phi) is 5.26. The van der Waals surface area contributed by atoms with Gasteiger partial charge in [0.05, 0.1) is 5.71 Å². The van der Waals surface area contributed by atoms with Crippen LogP contribution in [0.4, 0.5) is 0 Å². The van der Waals surface area contributed by atoms with Crippen molar-refractivity contribution < 1.29 is 4.79 Å². The Bertz CT molecular complexity index is 826. The zero-order valence-electron chi connectivity index (χ0n) is 16.2. The van der Waals surface area contributed by atoms with Gasteiger partial charge in [0.1, 0.15) is 0 Å². The summed E-state index contributed by atoms with van der Waals surface area (Å²) >= 11 is 0. The lowest BCUT2D eigenvalue weighted by molar-refractivity contribution is 0.0955. The summed E-state index contributed by atoms with van der Waals surface area (Å²) in [5.41, 5.74) is 9.39. The van der Waals surface area contributed by atoms with Gasteiger partial charge >= 0.3 is 0 Å². The summed E-state index contributed by atoms with van der Waals surface area (Å²) in [4.78, 5) is 12.4. The average Bonchev–Trinajstić information content (AvgIpc) is 2.64. The van der Waals surface area contributed by atoms with E-state index in [4.69, 9.17) is 0 Å². The fourth-order valence-electron chi connectivity index (χ4n) is 3.34. The zero-order valence-corrected chi connectivity index (χ0v) is 16.2. The van der Waals surface area contributed by atoms with Crippen molar-refractivity contribution in [3.05, 3.63) is 70.3 Å². The molecule has 1 aliphatic rings. The van der Waals surface area contributed by atoms with Crippen LogP contribution in [0.25, 0.3) is 0 Å². The highest BCUT2D eigenvalue weighted by Crippen LogP contribution is 2.23. The molecule has 0 spiro atoms. The molecular weight excluding hydrogens is 320 g/mol. The fourth-order valence-corrected chi connectivity index (χ4v) is 3.34. The number of benzene rings is 2. The summed E-state index contributed by atoms with van der Waals surface area (Å²) in [7, 11) is 0. The van der Waals surface area contributed by atoms with Crippen molar-refractivity contribution in [2.45, 2.75) is 58.8 Å². The maximum Gasteiger partial charge on any atom is 0.271 e. The van der Waals surface area contributed by atoms with Crippen molar-refractivity contribution >= 4 is 11.6 Å². The highest BCUT2D eigenvalue weighted by Gasteiger charge is 2.14. The van der Waals surface area contributed by atoms with Crippen LogP contribution in [0.3, 0.4) is 0 Å². The third-order valence-corrected chi connectivity index (χ3v) is 5.10. The standard InChI is InChI=1S/C23H28N2O/c1-16(19-10-9-17-7-5-6-8-20(17)15-19)24-25-22(26)18-11-13-21(14-12-18)23(2,3)4/h9-15H,5-8H2,1-4H3,(H,25,26)/b24-16-. The number of carbonyl (C=O) groups is 1. The van der Waals surface area contributed by atoms with Crippen LogP contribution in [0.5, 0.6) is 0 Å². The first kappa shape index (κ1) is 18.4. The minimum absolute atomic E-state index is 0.0796. The van der Waals surface area contributed by atoms with Crippen LogP contribution >= 0.6 is 0 Å². The van der Waals surface area contributed by atoms with Crippen LogP contribution < -0.4 is 5.43 Å². The van der Waals surface area contributed by atoms with E-state index in [9.17, 15) is 4.79 Å². The molecule has 26 heavy (non-hydrogen) atoms. The first-order valence-corrected chi connectivity index (χ1v) is 9.42. The van der Waals surface area contributed by atoms with Crippen LogP contribution in [0.15, 0.2) is 47.6 Å². The van der Waals surface area contributed by atoms with E-state index in [1.54, 1.807) is 0 Å². The number of hydrogen-bond donors (Lipinski definition) is 1. The molecule has 0 unspecified atom stereocenters. The van der Waals surface area contributed by atoms with Gasteiger partial charge in [-0.15, -0.1) is 0 Å². The first-order valence-electron chi connectivity index (χ1n) is 9.42. The second-order valence-electron chi connectivity index (χ2n) is 8.16. The number of hydrazone groups is 1. The van der Waals surface area contributed by atoms with E-state index in [-0.39, 0.29) is 11.3 Å². The fraction of sp³-hybridized carbons (Fsp3) is 0.391. The van der Waals surface area contributed by atoms with E-state index >= 15 is 0 Å². The topological polar surface area (TPSA) is 41.5 Å². The van der Waals surface area contributed by atoms with Crippen LogP contribution in [-0.2, 0) is 18.3 Å². The van der Waals surface area contributed by atoms with Crippen molar-refractivity contribution in [1.29, 1.82) is 0 Å². The molecule has 136 valence electrons. The number of nitrogens with one attached hydrogen (secondary N) is 1. The van der Waals surface area contributed by atoms with Gasteiger partial charge in [0.15, 0.2) is 0 Å². The largest absolute Gasteiger partial charge is 0.271 e. The summed E-state index contributed by atoms with van der Waals surface area (Å²) in [5.74, 6) is -0.178. The van der Waals surface area contributed by atoms with Crippen molar-refractivity contribution in [3.8, 4) is 0 Å². The van der Waals surface area contributed by atoms with Gasteiger partial charge in [-0.25, -0.2) is 5.43 Å². The Hall–Kier alpha value is -2.42. The summed E-state index contributed by atoms with van der Waals surface area (Å²) in [6, 6.07) is 14.3. The van der Waals surface area contributed by atoms with Gasteiger partial charge in [0.2, 0.25) is 0 Å². The van der Waals surface area contributed by atoms with Crippen LogP contribution in [-0.4, -0.2) is 11.6 Å². The van der Waals surface area contributed by atoms with Gasteiger partial charge < -0.3 is 0 Å². The third-order valence-electron chi connectivity index (χ3n) is 5.10. The van der Waals surface area contributed by atoms with Crippen molar-refractivity contribution in [2.75, 3.05) is 0 Å². The maximum absolute atomic E-state index is 12.4. The highest BCUT2D eigenvalue weighted by molar-refractivity contribution is 6.01. The maximum atomic E-state index is 12.4. The molecule has 0 saturated heterocycles. The number of amides is 1.